The van der Waals surface area contributed by atoms with Gasteiger partial charge in [-0.3, -0.25) is 4.98 Å². The molecule has 0 N–H and O–H groups in total. The molecule has 3 aromatic rings. The van der Waals surface area contributed by atoms with E-state index >= 15 is 0 Å². The van der Waals surface area contributed by atoms with E-state index < -0.39 is 10.0 Å². The topological polar surface area (TPSA) is 97.1 Å². The molecule has 0 aromatic carbocycles. The van der Waals surface area contributed by atoms with Gasteiger partial charge in [-0.2, -0.15) is 9.40 Å². The summed E-state index contributed by atoms with van der Waals surface area (Å²) in [5.41, 5.74) is 1.92. The van der Waals surface area contributed by atoms with Gasteiger partial charge in [-0.15, -0.1) is 10.2 Å². The third-order valence-corrected chi connectivity index (χ3v) is 6.58. The molecule has 9 nitrogen and oxygen atoms in total. The Morgan fingerprint density at radius 3 is 2.25 bits per heavy atom. The number of hydrogen-bond acceptors (Lipinski definition) is 7. The highest BCUT2D eigenvalue weighted by molar-refractivity contribution is 7.89. The van der Waals surface area contributed by atoms with Crippen LogP contribution < -0.4 is 4.90 Å². The van der Waals surface area contributed by atoms with E-state index in [1.54, 1.807) is 23.0 Å². The van der Waals surface area contributed by atoms with Crippen molar-refractivity contribution in [1.29, 1.82) is 0 Å². The summed E-state index contributed by atoms with van der Waals surface area (Å²) in [7, 11) is -3.52. The van der Waals surface area contributed by atoms with Crippen molar-refractivity contribution >= 4 is 15.8 Å². The second-order valence-corrected chi connectivity index (χ2v) is 8.61. The van der Waals surface area contributed by atoms with Crippen LogP contribution in [0.25, 0.3) is 5.82 Å². The molecular weight excluding hydrogens is 378 g/mol. The van der Waals surface area contributed by atoms with Gasteiger partial charge in [0.1, 0.15) is 4.90 Å². The molecule has 0 atom stereocenters. The Morgan fingerprint density at radius 1 is 0.964 bits per heavy atom. The van der Waals surface area contributed by atoms with Crippen LogP contribution in [-0.4, -0.2) is 63.9 Å². The summed E-state index contributed by atoms with van der Waals surface area (Å²) in [5, 5.41) is 13.0. The first-order valence-electron chi connectivity index (χ1n) is 8.98. The van der Waals surface area contributed by atoms with Crippen LogP contribution in [0, 0.1) is 13.8 Å². The van der Waals surface area contributed by atoms with Gasteiger partial charge in [0, 0.05) is 44.3 Å². The maximum absolute atomic E-state index is 12.7. The van der Waals surface area contributed by atoms with Gasteiger partial charge >= 0.3 is 0 Å². The van der Waals surface area contributed by atoms with E-state index in [1.165, 1.54) is 10.5 Å². The van der Waals surface area contributed by atoms with Crippen molar-refractivity contribution in [3.8, 4) is 5.82 Å². The van der Waals surface area contributed by atoms with E-state index in [9.17, 15) is 8.42 Å². The minimum Gasteiger partial charge on any atom is -0.352 e. The minimum atomic E-state index is -3.52. The largest absolute Gasteiger partial charge is 0.352 e. The smallest absolute Gasteiger partial charge is 0.244 e. The molecule has 0 saturated carbocycles. The molecule has 4 heterocycles. The fourth-order valence-corrected chi connectivity index (χ4v) is 4.65. The van der Waals surface area contributed by atoms with E-state index in [1.807, 2.05) is 36.9 Å². The van der Waals surface area contributed by atoms with Crippen molar-refractivity contribution in [3.05, 3.63) is 54.1 Å². The second kappa shape index (κ2) is 7.28. The standard InChI is InChI=1S/C18H21N7O2S/c1-14-12-15(2)25(22-14)18-6-5-17(20-21-18)23-8-10-24(11-9-23)28(26,27)16-4-3-7-19-13-16/h3-7,12-13H,8-11H2,1-2H3. The molecule has 0 bridgehead atoms. The van der Waals surface area contributed by atoms with Gasteiger partial charge in [-0.05, 0) is 44.2 Å². The summed E-state index contributed by atoms with van der Waals surface area (Å²) in [6.45, 7) is 5.78. The van der Waals surface area contributed by atoms with Crippen LogP contribution in [-0.2, 0) is 10.0 Å². The number of piperazine rings is 1. The van der Waals surface area contributed by atoms with E-state index in [0.29, 0.717) is 32.0 Å². The minimum absolute atomic E-state index is 0.220. The zero-order valence-electron chi connectivity index (χ0n) is 15.7. The van der Waals surface area contributed by atoms with Crippen LogP contribution in [0.1, 0.15) is 11.4 Å². The molecule has 4 rings (SSSR count). The Morgan fingerprint density at radius 2 is 1.68 bits per heavy atom. The Labute approximate surface area is 163 Å². The van der Waals surface area contributed by atoms with Crippen LogP contribution in [0.15, 0.2) is 47.6 Å². The molecule has 1 saturated heterocycles. The van der Waals surface area contributed by atoms with Gasteiger partial charge in [-0.1, -0.05) is 0 Å². The molecule has 10 heteroatoms. The van der Waals surface area contributed by atoms with Crippen LogP contribution in [0.3, 0.4) is 0 Å². The van der Waals surface area contributed by atoms with Crippen molar-refractivity contribution < 1.29 is 8.42 Å². The highest BCUT2D eigenvalue weighted by Gasteiger charge is 2.29. The predicted octanol–water partition coefficient (Wildman–Crippen LogP) is 1.19. The van der Waals surface area contributed by atoms with E-state index in [4.69, 9.17) is 0 Å². The molecule has 1 fully saturated rings. The molecule has 146 valence electrons. The van der Waals surface area contributed by atoms with Crippen LogP contribution in [0.2, 0.25) is 0 Å². The normalized spacial score (nSPS) is 15.7. The van der Waals surface area contributed by atoms with Crippen molar-refractivity contribution in [2.75, 3.05) is 31.1 Å². The lowest BCUT2D eigenvalue weighted by Gasteiger charge is -2.34. The molecule has 3 aromatic heterocycles. The number of sulfonamides is 1. The lowest BCUT2D eigenvalue weighted by Crippen LogP contribution is -2.49. The molecule has 0 aliphatic carbocycles. The van der Waals surface area contributed by atoms with Crippen LogP contribution >= 0.6 is 0 Å². The molecule has 1 aliphatic rings. The van der Waals surface area contributed by atoms with Crippen molar-refractivity contribution in [2.45, 2.75) is 18.7 Å². The number of anilines is 1. The van der Waals surface area contributed by atoms with Crippen molar-refractivity contribution in [2.24, 2.45) is 0 Å². The SMILES string of the molecule is Cc1cc(C)n(-c2ccc(N3CCN(S(=O)(=O)c4cccnc4)CC3)nn2)n1. The zero-order chi connectivity index (χ0) is 19.7. The third kappa shape index (κ3) is 3.48. The maximum atomic E-state index is 12.7. The van der Waals surface area contributed by atoms with Gasteiger partial charge in [0.2, 0.25) is 10.0 Å². The highest BCUT2D eigenvalue weighted by Crippen LogP contribution is 2.19. The number of aryl methyl sites for hydroxylation is 2. The number of pyridine rings is 1. The Balaban J connectivity index is 1.45. The number of aromatic nitrogens is 5. The van der Waals surface area contributed by atoms with Crippen LogP contribution in [0.5, 0.6) is 0 Å². The average molecular weight is 399 g/mol. The summed E-state index contributed by atoms with van der Waals surface area (Å²) in [4.78, 5) is 6.16. The second-order valence-electron chi connectivity index (χ2n) is 6.67. The molecule has 28 heavy (non-hydrogen) atoms. The number of rotatable bonds is 4. The van der Waals surface area contributed by atoms with Gasteiger partial charge in [0.05, 0.1) is 5.69 Å². The Hall–Kier alpha value is -2.85. The maximum Gasteiger partial charge on any atom is 0.244 e. The molecule has 0 unspecified atom stereocenters. The summed E-state index contributed by atoms with van der Waals surface area (Å²) in [5.74, 6) is 1.39. The molecule has 1 aliphatic heterocycles. The Kier molecular flexibility index (Phi) is 4.82. The van der Waals surface area contributed by atoms with E-state index in [2.05, 4.69) is 20.3 Å². The van der Waals surface area contributed by atoms with Gasteiger partial charge in [0.25, 0.3) is 0 Å². The Bertz CT molecular complexity index is 1060. The van der Waals surface area contributed by atoms with Gasteiger partial charge in [0.15, 0.2) is 11.6 Å². The third-order valence-electron chi connectivity index (χ3n) is 4.70. The average Bonchev–Trinajstić information content (AvgIpc) is 3.07. The van der Waals surface area contributed by atoms with E-state index in [0.717, 1.165) is 17.2 Å². The lowest BCUT2D eigenvalue weighted by atomic mass is 10.3. The van der Waals surface area contributed by atoms with Crippen molar-refractivity contribution in [3.63, 3.8) is 0 Å². The summed E-state index contributed by atoms with van der Waals surface area (Å²) in [6.07, 6.45) is 2.94. The monoisotopic (exact) mass is 399 g/mol. The first kappa shape index (κ1) is 18.5. The van der Waals surface area contributed by atoms with Gasteiger partial charge < -0.3 is 4.90 Å². The highest BCUT2D eigenvalue weighted by atomic mass is 32.2. The van der Waals surface area contributed by atoms with Crippen LogP contribution in [0.4, 0.5) is 5.82 Å². The lowest BCUT2D eigenvalue weighted by molar-refractivity contribution is 0.383. The quantitative estimate of drug-likeness (QED) is 0.650. The predicted molar refractivity (Wildman–Crippen MR) is 104 cm³/mol. The number of hydrogen-bond donors (Lipinski definition) is 0. The summed E-state index contributed by atoms with van der Waals surface area (Å²) >= 11 is 0. The summed E-state index contributed by atoms with van der Waals surface area (Å²) < 4.78 is 28.6. The molecule has 0 spiro atoms. The fourth-order valence-electron chi connectivity index (χ4n) is 3.27. The van der Waals surface area contributed by atoms with Crippen molar-refractivity contribution in [1.82, 2.24) is 29.3 Å². The molecule has 0 amide bonds. The fraction of sp³-hybridized carbons (Fsp3) is 0.333. The first-order chi connectivity index (χ1) is 13.4. The molecular formula is C18H21N7O2S. The first-order valence-corrected chi connectivity index (χ1v) is 10.4. The van der Waals surface area contributed by atoms with E-state index in [-0.39, 0.29) is 4.90 Å². The van der Waals surface area contributed by atoms with Gasteiger partial charge in [-0.25, -0.2) is 13.1 Å². The zero-order valence-corrected chi connectivity index (χ0v) is 16.5. The number of nitrogens with zero attached hydrogens (tertiary/aromatic N) is 7. The summed E-state index contributed by atoms with van der Waals surface area (Å²) in [6, 6.07) is 8.95. The molecule has 0 radical (unpaired) electrons.